The number of hydrogen-bond acceptors (Lipinski definition) is 5. The van der Waals surface area contributed by atoms with Gasteiger partial charge in [-0.2, -0.15) is 13.2 Å². The molecule has 2 rings (SSSR count). The van der Waals surface area contributed by atoms with Gasteiger partial charge in [0, 0.05) is 6.20 Å². The molecule has 1 aromatic carbocycles. The van der Waals surface area contributed by atoms with Gasteiger partial charge in [0.15, 0.2) is 5.15 Å². The SMILES string of the molecule is CCOC(=O)C(NC(=O)c1ccccc1Cl)(Nc1cccnc1Cl)C(F)(F)F. The van der Waals surface area contributed by atoms with Crippen molar-refractivity contribution in [2.24, 2.45) is 0 Å². The van der Waals surface area contributed by atoms with Crippen LogP contribution in [-0.2, 0) is 9.53 Å². The Labute approximate surface area is 168 Å². The Bertz CT molecular complexity index is 880. The van der Waals surface area contributed by atoms with Gasteiger partial charge in [-0.25, -0.2) is 9.78 Å². The second kappa shape index (κ2) is 8.66. The molecule has 1 atom stereocenters. The summed E-state index contributed by atoms with van der Waals surface area (Å²) in [6.45, 7) is 0.965. The summed E-state index contributed by atoms with van der Waals surface area (Å²) < 4.78 is 46.8. The molecule has 1 amide bonds. The van der Waals surface area contributed by atoms with Crippen molar-refractivity contribution < 1.29 is 27.5 Å². The smallest absolute Gasteiger partial charge is 0.441 e. The maximum absolute atomic E-state index is 14.1. The Morgan fingerprint density at radius 3 is 2.39 bits per heavy atom. The zero-order chi connectivity index (χ0) is 20.9. The summed E-state index contributed by atoms with van der Waals surface area (Å²) in [5.74, 6) is -3.02. The lowest BCUT2D eigenvalue weighted by atomic mass is 10.1. The second-order valence-electron chi connectivity index (χ2n) is 5.37. The van der Waals surface area contributed by atoms with Gasteiger partial charge in [-0.3, -0.25) is 4.79 Å². The van der Waals surface area contributed by atoms with Gasteiger partial charge in [-0.15, -0.1) is 0 Å². The van der Waals surface area contributed by atoms with Gasteiger partial charge in [0.25, 0.3) is 5.91 Å². The van der Waals surface area contributed by atoms with Crippen molar-refractivity contribution in [3.05, 3.63) is 58.3 Å². The van der Waals surface area contributed by atoms with Crippen LogP contribution in [0.2, 0.25) is 10.2 Å². The molecule has 1 unspecified atom stereocenters. The molecule has 0 aliphatic rings. The zero-order valence-corrected chi connectivity index (χ0v) is 15.8. The molecule has 0 spiro atoms. The van der Waals surface area contributed by atoms with Crippen LogP contribution in [0.15, 0.2) is 42.6 Å². The summed E-state index contributed by atoms with van der Waals surface area (Å²) in [6.07, 6.45) is -4.06. The van der Waals surface area contributed by atoms with Crippen molar-refractivity contribution in [1.29, 1.82) is 0 Å². The first-order chi connectivity index (χ1) is 13.1. The van der Waals surface area contributed by atoms with E-state index in [1.165, 1.54) is 43.5 Å². The monoisotopic (exact) mass is 435 g/mol. The van der Waals surface area contributed by atoms with Crippen LogP contribution in [0.4, 0.5) is 18.9 Å². The number of aromatic nitrogens is 1. The lowest BCUT2D eigenvalue weighted by Crippen LogP contribution is -2.69. The molecule has 0 saturated heterocycles. The summed E-state index contributed by atoms with van der Waals surface area (Å²) >= 11 is 11.7. The van der Waals surface area contributed by atoms with Crippen LogP contribution in [0.3, 0.4) is 0 Å². The number of ether oxygens (including phenoxy) is 1. The van der Waals surface area contributed by atoms with Gasteiger partial charge < -0.3 is 15.4 Å². The van der Waals surface area contributed by atoms with E-state index in [1.807, 2.05) is 5.32 Å². The highest BCUT2D eigenvalue weighted by Gasteiger charge is 2.64. The lowest BCUT2D eigenvalue weighted by Gasteiger charge is -2.35. The molecular formula is C17H14Cl2F3N3O3. The van der Waals surface area contributed by atoms with Crippen molar-refractivity contribution >= 4 is 40.8 Å². The van der Waals surface area contributed by atoms with E-state index in [1.54, 1.807) is 5.32 Å². The fourth-order valence-corrected chi connectivity index (χ4v) is 2.58. The summed E-state index contributed by atoms with van der Waals surface area (Å²) in [6, 6.07) is 7.90. The standard InChI is InChI=1S/C17H14Cl2F3N3O3/c1-2-28-15(27)16(17(20,21)22,24-12-8-5-9-23-13(12)19)25-14(26)10-6-3-4-7-11(10)18/h3-9,24H,2H2,1H3,(H,25,26). The minimum absolute atomic E-state index is 0.0978. The first-order valence-electron chi connectivity index (χ1n) is 7.82. The molecule has 1 aromatic heterocycles. The highest BCUT2D eigenvalue weighted by molar-refractivity contribution is 6.34. The average molecular weight is 436 g/mol. The van der Waals surface area contributed by atoms with E-state index in [0.29, 0.717) is 0 Å². The number of hydrogen-bond donors (Lipinski definition) is 2. The van der Waals surface area contributed by atoms with Crippen LogP contribution in [0.25, 0.3) is 0 Å². The number of alkyl halides is 3. The summed E-state index contributed by atoms with van der Waals surface area (Å²) in [5.41, 5.74) is -4.23. The van der Waals surface area contributed by atoms with Crippen molar-refractivity contribution in [2.75, 3.05) is 11.9 Å². The highest BCUT2D eigenvalue weighted by Crippen LogP contribution is 2.35. The molecule has 2 aromatic rings. The van der Waals surface area contributed by atoms with E-state index in [4.69, 9.17) is 23.2 Å². The Balaban J connectivity index is 2.56. The largest absolute Gasteiger partial charge is 0.463 e. The number of nitrogens with one attached hydrogen (secondary N) is 2. The first kappa shape index (κ1) is 21.8. The number of pyridine rings is 1. The molecule has 1 heterocycles. The minimum Gasteiger partial charge on any atom is -0.463 e. The molecule has 6 nitrogen and oxygen atoms in total. The number of esters is 1. The minimum atomic E-state index is -5.31. The summed E-state index contributed by atoms with van der Waals surface area (Å²) in [7, 11) is 0. The Morgan fingerprint density at radius 2 is 1.82 bits per heavy atom. The number of carbonyl (C=O) groups is 2. The highest BCUT2D eigenvalue weighted by atomic mass is 35.5. The van der Waals surface area contributed by atoms with Gasteiger partial charge >= 0.3 is 17.8 Å². The Hall–Kier alpha value is -2.52. The van der Waals surface area contributed by atoms with E-state index in [2.05, 4.69) is 9.72 Å². The molecule has 11 heteroatoms. The summed E-state index contributed by atoms with van der Waals surface area (Å²) in [5, 5.41) is 3.17. The van der Waals surface area contributed by atoms with Crippen molar-refractivity contribution in [3.63, 3.8) is 0 Å². The molecule has 0 radical (unpaired) electrons. The molecule has 0 aliphatic carbocycles. The van der Waals surface area contributed by atoms with Crippen LogP contribution in [-0.4, -0.2) is 35.3 Å². The normalized spacial score (nSPS) is 13.4. The third-order valence-electron chi connectivity index (χ3n) is 3.51. The van der Waals surface area contributed by atoms with Crippen molar-refractivity contribution in [1.82, 2.24) is 10.3 Å². The topological polar surface area (TPSA) is 80.3 Å². The predicted molar refractivity (Wildman–Crippen MR) is 97.2 cm³/mol. The lowest BCUT2D eigenvalue weighted by molar-refractivity contribution is -0.204. The number of nitrogens with zero attached hydrogens (tertiary/aromatic N) is 1. The van der Waals surface area contributed by atoms with Gasteiger partial charge in [-0.05, 0) is 31.2 Å². The van der Waals surface area contributed by atoms with Crippen LogP contribution in [0.1, 0.15) is 17.3 Å². The maximum atomic E-state index is 14.1. The Morgan fingerprint density at radius 1 is 1.14 bits per heavy atom. The fraction of sp³-hybridized carbons (Fsp3) is 0.235. The molecular weight excluding hydrogens is 422 g/mol. The van der Waals surface area contributed by atoms with Gasteiger partial charge in [0.1, 0.15) is 0 Å². The third kappa shape index (κ3) is 4.48. The number of benzene rings is 1. The fourth-order valence-electron chi connectivity index (χ4n) is 2.19. The van der Waals surface area contributed by atoms with Gasteiger partial charge in [0.05, 0.1) is 22.9 Å². The first-order valence-corrected chi connectivity index (χ1v) is 8.57. The van der Waals surface area contributed by atoms with Gasteiger partial charge in [0.2, 0.25) is 0 Å². The maximum Gasteiger partial charge on any atom is 0.441 e. The molecule has 0 saturated carbocycles. The average Bonchev–Trinajstić information content (AvgIpc) is 2.62. The quantitative estimate of drug-likeness (QED) is 0.406. The van der Waals surface area contributed by atoms with Crippen molar-refractivity contribution in [2.45, 2.75) is 18.8 Å². The molecule has 28 heavy (non-hydrogen) atoms. The predicted octanol–water partition coefficient (Wildman–Crippen LogP) is 4.05. The second-order valence-corrected chi connectivity index (χ2v) is 6.13. The van der Waals surface area contributed by atoms with Gasteiger partial charge in [-0.1, -0.05) is 35.3 Å². The van der Waals surface area contributed by atoms with E-state index in [9.17, 15) is 22.8 Å². The molecule has 150 valence electrons. The number of amides is 1. The molecule has 0 aliphatic heterocycles. The molecule has 0 bridgehead atoms. The zero-order valence-electron chi connectivity index (χ0n) is 14.3. The Kier molecular flexibility index (Phi) is 6.73. The van der Waals surface area contributed by atoms with E-state index >= 15 is 0 Å². The number of rotatable bonds is 6. The number of carbonyl (C=O) groups excluding carboxylic acids is 2. The number of halogens is 5. The van der Waals surface area contributed by atoms with E-state index in [0.717, 1.165) is 6.07 Å². The number of anilines is 1. The van der Waals surface area contributed by atoms with Crippen LogP contribution >= 0.6 is 23.2 Å². The third-order valence-corrected chi connectivity index (χ3v) is 4.14. The van der Waals surface area contributed by atoms with Crippen LogP contribution in [0, 0.1) is 0 Å². The van der Waals surface area contributed by atoms with Crippen molar-refractivity contribution in [3.8, 4) is 0 Å². The van der Waals surface area contributed by atoms with E-state index < -0.39 is 23.7 Å². The summed E-state index contributed by atoms with van der Waals surface area (Å²) in [4.78, 5) is 28.5. The van der Waals surface area contributed by atoms with E-state index in [-0.39, 0.29) is 28.0 Å². The molecule has 0 fully saturated rings. The molecule has 2 N–H and O–H groups in total. The van der Waals surface area contributed by atoms with Crippen LogP contribution in [0.5, 0.6) is 0 Å². The van der Waals surface area contributed by atoms with Crippen LogP contribution < -0.4 is 10.6 Å².